The number of pyridine rings is 1. The van der Waals surface area contributed by atoms with Gasteiger partial charge in [-0.1, -0.05) is 185 Å². The number of hydrogen-bond acceptors (Lipinski definition) is 3. The first-order valence-corrected chi connectivity index (χ1v) is 21.8. The van der Waals surface area contributed by atoms with Crippen molar-refractivity contribution in [3.05, 3.63) is 229 Å². The van der Waals surface area contributed by atoms with Gasteiger partial charge in [0, 0.05) is 32.6 Å². The zero-order chi connectivity index (χ0) is 46.3. The summed E-state index contributed by atoms with van der Waals surface area (Å²) >= 11 is 0. The third-order valence-corrected chi connectivity index (χ3v) is 12.1. The molecule has 10 aromatic rings. The number of nitrogens with zero attached hydrogens (tertiary/aromatic N) is 3. The number of rotatable bonds is 9. The third-order valence-electron chi connectivity index (χ3n) is 12.1. The van der Waals surface area contributed by atoms with Crippen molar-refractivity contribution in [2.45, 2.75) is 39.5 Å². The fourth-order valence-electron chi connectivity index (χ4n) is 9.01. The molecule has 4 nitrogen and oxygen atoms in total. The van der Waals surface area contributed by atoms with Gasteiger partial charge >= 0.3 is 0 Å². The second-order valence-electron chi connectivity index (χ2n) is 17.4. The maximum absolute atomic E-state index is 12.3. The van der Waals surface area contributed by atoms with Crippen molar-refractivity contribution in [1.82, 2.24) is 14.5 Å². The smallest absolute Gasteiger partial charge is 0.149 e. The molecule has 10 rings (SSSR count). The number of phenolic OH excluding ortho intramolecular Hbond substituents is 1. The lowest BCUT2D eigenvalue weighted by atomic mass is 9.85. The number of hydrogen-bond donors (Lipinski definition) is 1. The van der Waals surface area contributed by atoms with Gasteiger partial charge in [-0.3, -0.25) is 9.55 Å². The first-order valence-electron chi connectivity index (χ1n) is 23.3. The molecule has 0 saturated heterocycles. The molecule has 2 heterocycles. The van der Waals surface area contributed by atoms with Crippen LogP contribution in [0.2, 0.25) is 0 Å². The maximum Gasteiger partial charge on any atom is 0.149 e. The molecule has 0 unspecified atom stereocenters. The SMILES string of the molecule is [2H]C([2H])([2H])c1cc(-c2cc(-c3ccccc3Cc3ccccc3)ccn2)cc(-c2cccc3c2nc(-c2cccc(C(C)(C)C)c2O)n3-c2c(-c3ccccc3)cccc2-c2ccccc2)c1. The van der Waals surface area contributed by atoms with Crippen molar-refractivity contribution in [3.8, 4) is 78.6 Å². The van der Waals surface area contributed by atoms with Gasteiger partial charge in [0.1, 0.15) is 11.6 Å². The highest BCUT2D eigenvalue weighted by Gasteiger charge is 2.27. The molecule has 310 valence electrons. The number of imidazole rings is 1. The molecule has 0 saturated carbocycles. The minimum absolute atomic E-state index is 0.162. The highest BCUT2D eigenvalue weighted by molar-refractivity contribution is 5.99. The highest BCUT2D eigenvalue weighted by Crippen LogP contribution is 2.45. The van der Waals surface area contributed by atoms with Crippen LogP contribution in [0.4, 0.5) is 0 Å². The molecule has 0 aliphatic carbocycles. The van der Waals surface area contributed by atoms with Crippen molar-refractivity contribution < 1.29 is 9.22 Å². The molecular formula is C60H49N3O. The van der Waals surface area contributed by atoms with Crippen LogP contribution in [0.1, 0.15) is 47.1 Å². The van der Waals surface area contributed by atoms with Crippen LogP contribution >= 0.6 is 0 Å². The van der Waals surface area contributed by atoms with E-state index in [1.807, 2.05) is 91.0 Å². The van der Waals surface area contributed by atoms with E-state index in [1.54, 1.807) is 18.3 Å². The van der Waals surface area contributed by atoms with Crippen molar-refractivity contribution in [2.75, 3.05) is 0 Å². The number of fused-ring (bicyclic) bond motifs is 1. The van der Waals surface area contributed by atoms with E-state index in [9.17, 15) is 5.11 Å². The maximum atomic E-state index is 12.3. The summed E-state index contributed by atoms with van der Waals surface area (Å²) in [6.07, 6.45) is 2.57. The second kappa shape index (κ2) is 16.8. The molecule has 0 spiro atoms. The summed E-state index contributed by atoms with van der Waals surface area (Å²) in [6, 6.07) is 67.4. The zero-order valence-electron chi connectivity index (χ0n) is 39.1. The van der Waals surface area contributed by atoms with Crippen LogP contribution in [0.15, 0.2) is 206 Å². The number of para-hydroxylation sites is 3. The van der Waals surface area contributed by atoms with Crippen LogP contribution in [0, 0.1) is 6.85 Å². The normalized spacial score (nSPS) is 12.5. The van der Waals surface area contributed by atoms with Gasteiger partial charge in [-0.05, 0) is 105 Å². The topological polar surface area (TPSA) is 50.9 Å². The van der Waals surface area contributed by atoms with E-state index < -0.39 is 6.85 Å². The Balaban J connectivity index is 1.22. The van der Waals surface area contributed by atoms with E-state index in [1.165, 1.54) is 11.1 Å². The highest BCUT2D eigenvalue weighted by atomic mass is 16.3. The molecule has 1 N–H and O–H groups in total. The lowest BCUT2D eigenvalue weighted by molar-refractivity contribution is 0.448. The Morgan fingerprint density at radius 1 is 0.531 bits per heavy atom. The Morgan fingerprint density at radius 3 is 1.83 bits per heavy atom. The van der Waals surface area contributed by atoms with Crippen molar-refractivity contribution in [3.63, 3.8) is 0 Å². The second-order valence-corrected chi connectivity index (χ2v) is 17.4. The fraction of sp³-hybridized carbons (Fsp3) is 0.100. The zero-order valence-corrected chi connectivity index (χ0v) is 36.1. The van der Waals surface area contributed by atoms with E-state index in [-0.39, 0.29) is 16.7 Å². The van der Waals surface area contributed by atoms with Gasteiger partial charge in [0.2, 0.25) is 0 Å². The quantitative estimate of drug-likeness (QED) is 0.158. The predicted molar refractivity (Wildman–Crippen MR) is 266 cm³/mol. The first-order chi connectivity index (χ1) is 32.4. The Bertz CT molecular complexity index is 3350. The van der Waals surface area contributed by atoms with Gasteiger partial charge in [0.05, 0.1) is 28.0 Å². The number of aromatic hydroxyl groups is 1. The van der Waals surface area contributed by atoms with Gasteiger partial charge in [0.15, 0.2) is 0 Å². The van der Waals surface area contributed by atoms with Gasteiger partial charge in [-0.15, -0.1) is 0 Å². The molecule has 0 bridgehead atoms. The van der Waals surface area contributed by atoms with E-state index in [0.29, 0.717) is 33.7 Å². The number of aryl methyl sites for hydroxylation is 1. The molecule has 0 atom stereocenters. The Labute approximate surface area is 380 Å². The summed E-state index contributed by atoms with van der Waals surface area (Å²) in [6.45, 7) is 3.86. The van der Waals surface area contributed by atoms with Crippen molar-refractivity contribution >= 4 is 11.0 Å². The van der Waals surface area contributed by atoms with Crippen molar-refractivity contribution in [1.29, 1.82) is 0 Å². The van der Waals surface area contributed by atoms with Crippen LogP contribution < -0.4 is 0 Å². The summed E-state index contributed by atoms with van der Waals surface area (Å²) in [4.78, 5) is 10.4. The monoisotopic (exact) mass is 830 g/mol. The third kappa shape index (κ3) is 7.69. The molecule has 0 aliphatic heterocycles. The lowest BCUT2D eigenvalue weighted by Gasteiger charge is -2.23. The summed E-state index contributed by atoms with van der Waals surface area (Å²) in [5.74, 6) is 0.719. The van der Waals surface area contributed by atoms with Crippen LogP contribution in [0.25, 0.3) is 83.9 Å². The minimum Gasteiger partial charge on any atom is -0.507 e. The van der Waals surface area contributed by atoms with E-state index in [0.717, 1.165) is 62.1 Å². The Kier molecular flexibility index (Phi) is 9.66. The number of phenols is 1. The fourth-order valence-corrected chi connectivity index (χ4v) is 9.01. The molecule has 2 aromatic heterocycles. The molecule has 0 aliphatic rings. The molecule has 8 aromatic carbocycles. The average molecular weight is 831 g/mol. The molecule has 4 heteroatoms. The van der Waals surface area contributed by atoms with Gasteiger partial charge in [-0.2, -0.15) is 0 Å². The molecule has 0 radical (unpaired) electrons. The molecular weight excluding hydrogens is 779 g/mol. The standard InChI is InChI=1S/C60H49N3O/c1-40-35-46(38-47(36-40)54-39-45(33-34-61-54)48-26-15-14-25-44(48)37-41-19-8-5-9-20-41)49-27-18-32-55-56(49)62-59(52-30-17-31-53(58(52)64)60(2,3)4)63(55)57-50(42-21-10-6-11-22-42)28-16-29-51(57)43-23-12-7-13-24-43/h5-36,38-39,64H,37H2,1-4H3/i1D3. The van der Waals surface area contributed by atoms with Crippen LogP contribution in [-0.2, 0) is 11.8 Å². The van der Waals surface area contributed by atoms with E-state index >= 15 is 0 Å². The van der Waals surface area contributed by atoms with Crippen LogP contribution in [0.5, 0.6) is 5.75 Å². The Hall–Kier alpha value is -7.82. The largest absolute Gasteiger partial charge is 0.507 e. The predicted octanol–water partition coefficient (Wildman–Crippen LogP) is 15.3. The number of benzene rings is 8. The lowest BCUT2D eigenvalue weighted by Crippen LogP contribution is -2.12. The Morgan fingerprint density at radius 2 is 1.12 bits per heavy atom. The molecule has 0 fully saturated rings. The summed E-state index contributed by atoms with van der Waals surface area (Å²) in [7, 11) is 0. The average Bonchev–Trinajstić information content (AvgIpc) is 3.73. The van der Waals surface area contributed by atoms with Gasteiger partial charge < -0.3 is 5.11 Å². The van der Waals surface area contributed by atoms with Gasteiger partial charge in [0.25, 0.3) is 0 Å². The summed E-state index contributed by atoms with van der Waals surface area (Å²) < 4.78 is 28.3. The molecule has 0 amide bonds. The summed E-state index contributed by atoms with van der Waals surface area (Å²) in [5.41, 5.74) is 14.9. The van der Waals surface area contributed by atoms with Gasteiger partial charge in [-0.25, -0.2) is 4.98 Å². The molecule has 64 heavy (non-hydrogen) atoms. The van der Waals surface area contributed by atoms with Crippen molar-refractivity contribution in [2.24, 2.45) is 0 Å². The first kappa shape index (κ1) is 36.8. The van der Waals surface area contributed by atoms with E-state index in [2.05, 4.69) is 122 Å². The van der Waals surface area contributed by atoms with Crippen LogP contribution in [0.3, 0.4) is 0 Å². The van der Waals surface area contributed by atoms with E-state index in [4.69, 9.17) is 14.1 Å². The minimum atomic E-state index is -2.42. The summed E-state index contributed by atoms with van der Waals surface area (Å²) in [5, 5.41) is 12.3. The number of aromatic nitrogens is 3. The van der Waals surface area contributed by atoms with Crippen LogP contribution in [-0.4, -0.2) is 19.6 Å².